The highest BCUT2D eigenvalue weighted by atomic mass is 16.3. The van der Waals surface area contributed by atoms with Gasteiger partial charge in [-0.05, 0) is 42.0 Å². The highest BCUT2D eigenvalue weighted by Gasteiger charge is 2.08. The maximum atomic E-state index is 12.0. The summed E-state index contributed by atoms with van der Waals surface area (Å²) in [4.78, 5) is 14.0. The fourth-order valence-corrected chi connectivity index (χ4v) is 2.48. The number of nitrogens with zero attached hydrogens (tertiary/aromatic N) is 2. The molecule has 3 aromatic carbocycles. The van der Waals surface area contributed by atoms with Crippen LogP contribution >= 0.6 is 0 Å². The number of carbonyl (C=O) groups excluding carboxylic acids is 1. The second kappa shape index (κ2) is 7.98. The second-order valence-corrected chi connectivity index (χ2v) is 5.70. The molecule has 0 aliphatic rings. The molecule has 1 amide bonds. The molecule has 26 heavy (non-hydrogen) atoms. The van der Waals surface area contributed by atoms with Gasteiger partial charge in [0, 0.05) is 18.4 Å². The lowest BCUT2D eigenvalue weighted by atomic mass is 10.2. The molecule has 0 spiro atoms. The van der Waals surface area contributed by atoms with Gasteiger partial charge in [0.1, 0.15) is 5.75 Å². The fraction of sp³-hybridized carbons (Fsp3) is 0.0476. The van der Waals surface area contributed by atoms with E-state index in [1.807, 2.05) is 61.6 Å². The molecule has 0 saturated heterocycles. The highest BCUT2D eigenvalue weighted by Crippen LogP contribution is 2.23. The minimum absolute atomic E-state index is 0.0755. The molecule has 0 aliphatic carbocycles. The van der Waals surface area contributed by atoms with Gasteiger partial charge in [0.2, 0.25) is 0 Å². The molecule has 5 nitrogen and oxygen atoms in total. The van der Waals surface area contributed by atoms with Crippen LogP contribution in [0.3, 0.4) is 0 Å². The lowest BCUT2D eigenvalue weighted by molar-refractivity contribution is 0.0952. The molecule has 0 aromatic heterocycles. The van der Waals surface area contributed by atoms with Gasteiger partial charge in [0.25, 0.3) is 5.91 Å². The summed E-state index contributed by atoms with van der Waals surface area (Å²) in [6.45, 7) is 0. The summed E-state index contributed by atoms with van der Waals surface area (Å²) in [5.74, 6) is -0.534. The van der Waals surface area contributed by atoms with Gasteiger partial charge in [0.15, 0.2) is 0 Å². The molecule has 0 bridgehead atoms. The number of aromatic hydroxyl groups is 1. The van der Waals surface area contributed by atoms with Gasteiger partial charge in [-0.1, -0.05) is 42.5 Å². The fourth-order valence-electron chi connectivity index (χ4n) is 2.48. The van der Waals surface area contributed by atoms with E-state index in [2.05, 4.69) is 15.4 Å². The number of phenolic OH excluding ortho intramolecular Hbond substituents is 1. The molecule has 0 saturated carbocycles. The predicted octanol–water partition coefficient (Wildman–Crippen LogP) is 3.92. The Morgan fingerprint density at radius 2 is 1.54 bits per heavy atom. The first-order valence-electron chi connectivity index (χ1n) is 8.15. The smallest absolute Gasteiger partial charge is 0.275 e. The Morgan fingerprint density at radius 1 is 0.923 bits per heavy atom. The van der Waals surface area contributed by atoms with Crippen LogP contribution in [-0.2, 0) is 0 Å². The zero-order valence-electron chi connectivity index (χ0n) is 14.3. The zero-order chi connectivity index (χ0) is 18.4. The summed E-state index contributed by atoms with van der Waals surface area (Å²) in [6, 6.07) is 24.2. The van der Waals surface area contributed by atoms with E-state index in [9.17, 15) is 9.90 Å². The molecule has 0 fully saturated rings. The van der Waals surface area contributed by atoms with Crippen molar-refractivity contribution in [2.24, 2.45) is 5.10 Å². The van der Waals surface area contributed by atoms with Gasteiger partial charge in [0.05, 0.1) is 11.8 Å². The van der Waals surface area contributed by atoms with Gasteiger partial charge in [-0.2, -0.15) is 5.10 Å². The number of hydrazone groups is 1. The second-order valence-electron chi connectivity index (χ2n) is 5.70. The number of hydrogen-bond donors (Lipinski definition) is 2. The van der Waals surface area contributed by atoms with E-state index in [-0.39, 0.29) is 11.3 Å². The van der Waals surface area contributed by atoms with Crippen molar-refractivity contribution in [2.45, 2.75) is 0 Å². The first kappa shape index (κ1) is 17.2. The van der Waals surface area contributed by atoms with Crippen LogP contribution in [-0.4, -0.2) is 24.3 Å². The van der Waals surface area contributed by atoms with E-state index in [0.29, 0.717) is 0 Å². The number of benzene rings is 3. The summed E-state index contributed by atoms with van der Waals surface area (Å²) in [7, 11) is 2.00. The van der Waals surface area contributed by atoms with Crippen LogP contribution in [0.25, 0.3) is 0 Å². The van der Waals surface area contributed by atoms with Crippen LogP contribution < -0.4 is 10.3 Å². The lowest BCUT2D eigenvalue weighted by Gasteiger charge is -2.19. The lowest BCUT2D eigenvalue weighted by Crippen LogP contribution is -2.17. The topological polar surface area (TPSA) is 64.9 Å². The van der Waals surface area contributed by atoms with Gasteiger partial charge in [-0.15, -0.1) is 0 Å². The standard InChI is InChI=1S/C21H19N3O2/c1-24(17-7-3-2-4-8-17)18-13-11-16(12-14-18)15-22-23-21(26)19-9-5-6-10-20(19)25/h2-15,25H,1H3,(H,23,26)/b22-15+. The molecule has 0 atom stereocenters. The van der Waals surface area contributed by atoms with E-state index in [1.54, 1.807) is 18.3 Å². The number of phenols is 1. The summed E-state index contributed by atoms with van der Waals surface area (Å²) < 4.78 is 0. The highest BCUT2D eigenvalue weighted by molar-refractivity contribution is 5.97. The SMILES string of the molecule is CN(c1ccccc1)c1ccc(/C=N/NC(=O)c2ccccc2O)cc1. The van der Waals surface area contributed by atoms with Crippen molar-refractivity contribution in [3.05, 3.63) is 90.0 Å². The number of nitrogens with one attached hydrogen (secondary N) is 1. The maximum Gasteiger partial charge on any atom is 0.275 e. The van der Waals surface area contributed by atoms with E-state index in [1.165, 1.54) is 12.1 Å². The minimum atomic E-state index is -0.459. The predicted molar refractivity (Wildman–Crippen MR) is 104 cm³/mol. The average Bonchev–Trinajstić information content (AvgIpc) is 2.69. The van der Waals surface area contributed by atoms with Crippen molar-refractivity contribution in [3.8, 4) is 5.75 Å². The van der Waals surface area contributed by atoms with Crippen LogP contribution in [0, 0.1) is 0 Å². The first-order valence-corrected chi connectivity index (χ1v) is 8.15. The van der Waals surface area contributed by atoms with Crippen molar-refractivity contribution in [1.82, 2.24) is 5.43 Å². The first-order chi connectivity index (χ1) is 12.6. The molecule has 3 rings (SSSR count). The van der Waals surface area contributed by atoms with E-state index >= 15 is 0 Å². The monoisotopic (exact) mass is 345 g/mol. The third-order valence-corrected chi connectivity index (χ3v) is 3.95. The maximum absolute atomic E-state index is 12.0. The van der Waals surface area contributed by atoms with Crippen LogP contribution in [0.5, 0.6) is 5.75 Å². The van der Waals surface area contributed by atoms with Crippen molar-refractivity contribution >= 4 is 23.5 Å². The minimum Gasteiger partial charge on any atom is -0.507 e. The normalized spacial score (nSPS) is 10.7. The Kier molecular flexibility index (Phi) is 5.29. The Bertz CT molecular complexity index is 906. The summed E-state index contributed by atoms with van der Waals surface area (Å²) in [6.07, 6.45) is 1.56. The quantitative estimate of drug-likeness (QED) is 0.544. The Labute approximate surface area is 152 Å². The summed E-state index contributed by atoms with van der Waals surface area (Å²) in [5.41, 5.74) is 5.60. The molecule has 3 aromatic rings. The zero-order valence-corrected chi connectivity index (χ0v) is 14.3. The third-order valence-electron chi connectivity index (χ3n) is 3.95. The van der Waals surface area contributed by atoms with Gasteiger partial charge in [-0.3, -0.25) is 4.79 Å². The summed E-state index contributed by atoms with van der Waals surface area (Å²) in [5, 5.41) is 13.6. The van der Waals surface area contributed by atoms with E-state index in [0.717, 1.165) is 16.9 Å². The van der Waals surface area contributed by atoms with Gasteiger partial charge in [-0.25, -0.2) is 5.43 Å². The molecule has 2 N–H and O–H groups in total. The third kappa shape index (κ3) is 4.08. The number of amides is 1. The molecular weight excluding hydrogens is 326 g/mol. The number of carbonyl (C=O) groups is 1. The van der Waals surface area contributed by atoms with Crippen LogP contribution in [0.1, 0.15) is 15.9 Å². The van der Waals surface area contributed by atoms with Crippen LogP contribution in [0.15, 0.2) is 84.0 Å². The van der Waals surface area contributed by atoms with Gasteiger partial charge >= 0.3 is 0 Å². The van der Waals surface area contributed by atoms with Crippen molar-refractivity contribution in [2.75, 3.05) is 11.9 Å². The molecule has 0 unspecified atom stereocenters. The van der Waals surface area contributed by atoms with Crippen LogP contribution in [0.2, 0.25) is 0 Å². The summed E-state index contributed by atoms with van der Waals surface area (Å²) >= 11 is 0. The van der Waals surface area contributed by atoms with Crippen molar-refractivity contribution < 1.29 is 9.90 Å². The molecule has 130 valence electrons. The number of rotatable bonds is 5. The molecule has 0 aliphatic heterocycles. The largest absolute Gasteiger partial charge is 0.507 e. The Morgan fingerprint density at radius 3 is 2.23 bits per heavy atom. The molecular formula is C21H19N3O2. The van der Waals surface area contributed by atoms with E-state index < -0.39 is 5.91 Å². The number of para-hydroxylation sites is 2. The molecule has 0 radical (unpaired) electrons. The Balaban J connectivity index is 1.63. The molecule has 5 heteroatoms. The van der Waals surface area contributed by atoms with Crippen LogP contribution in [0.4, 0.5) is 11.4 Å². The number of hydrogen-bond acceptors (Lipinski definition) is 4. The van der Waals surface area contributed by atoms with Crippen molar-refractivity contribution in [1.29, 1.82) is 0 Å². The van der Waals surface area contributed by atoms with Gasteiger partial charge < -0.3 is 10.0 Å². The molecule has 0 heterocycles. The average molecular weight is 345 g/mol. The number of anilines is 2. The Hall–Kier alpha value is -3.60. The van der Waals surface area contributed by atoms with E-state index in [4.69, 9.17) is 0 Å². The van der Waals surface area contributed by atoms with Crippen molar-refractivity contribution in [3.63, 3.8) is 0 Å².